The zero-order chi connectivity index (χ0) is 13.3. The molecule has 1 unspecified atom stereocenters. The lowest BCUT2D eigenvalue weighted by Crippen LogP contribution is -2.38. The predicted octanol–water partition coefficient (Wildman–Crippen LogP) is 1.28. The number of nitriles is 1. The van der Waals surface area contributed by atoms with E-state index in [1.807, 2.05) is 0 Å². The van der Waals surface area contributed by atoms with Crippen molar-refractivity contribution >= 4 is 18.5 Å². The molecule has 0 bridgehead atoms. The molecule has 1 aromatic heterocycles. The van der Waals surface area contributed by atoms with Gasteiger partial charge in [0.05, 0.1) is 7.11 Å². The van der Waals surface area contributed by atoms with Crippen LogP contribution in [0.25, 0.3) is 0 Å². The van der Waals surface area contributed by atoms with Gasteiger partial charge >= 0.3 is 0 Å². The molecule has 0 radical (unpaired) electrons. The first kappa shape index (κ1) is 12.5. The molecule has 1 aliphatic rings. The van der Waals surface area contributed by atoms with Crippen molar-refractivity contribution < 1.29 is 9.15 Å². The van der Waals surface area contributed by atoms with Gasteiger partial charge in [-0.3, -0.25) is 10.0 Å². The number of furan rings is 1. The fourth-order valence-corrected chi connectivity index (χ4v) is 1.77. The quantitative estimate of drug-likeness (QED) is 0.785. The molecule has 1 aromatic rings. The minimum Gasteiger partial charge on any atom is -0.468 e. The molecule has 0 saturated carbocycles. The summed E-state index contributed by atoms with van der Waals surface area (Å²) in [7, 11) is 1.50. The smallest absolute Gasteiger partial charge is 0.284 e. The second kappa shape index (κ2) is 4.76. The summed E-state index contributed by atoms with van der Waals surface area (Å²) in [6.45, 7) is 1.75. The average molecular weight is 264 g/mol. The Hall–Kier alpha value is -1.91. The lowest BCUT2D eigenvalue weighted by molar-refractivity contribution is 0.303. The Morgan fingerprint density at radius 1 is 1.61 bits per heavy atom. The summed E-state index contributed by atoms with van der Waals surface area (Å²) in [5.74, 6) is 0.796. The standard InChI is InChI=1S/C11H12N4O2S/c1-6-7(5-12)10(14-11(13)15(6)18)8-3-4-9(16-2)17-8/h3-4,11,18H,13H2,1-2H3. The third-order valence-corrected chi connectivity index (χ3v) is 3.12. The van der Waals surface area contributed by atoms with Crippen LogP contribution in [0.3, 0.4) is 0 Å². The Labute approximate surface area is 110 Å². The third-order valence-electron chi connectivity index (χ3n) is 2.58. The Morgan fingerprint density at radius 2 is 2.33 bits per heavy atom. The summed E-state index contributed by atoms with van der Waals surface area (Å²) in [5.41, 5.74) is 7.22. The van der Waals surface area contributed by atoms with Crippen LogP contribution in [-0.4, -0.2) is 23.4 Å². The number of ether oxygens (including phenoxy) is 1. The van der Waals surface area contributed by atoms with E-state index in [9.17, 15) is 5.26 Å². The first-order chi connectivity index (χ1) is 8.58. The van der Waals surface area contributed by atoms with Gasteiger partial charge in [0.2, 0.25) is 0 Å². The van der Waals surface area contributed by atoms with Crippen LogP contribution in [0.4, 0.5) is 0 Å². The molecule has 18 heavy (non-hydrogen) atoms. The van der Waals surface area contributed by atoms with Gasteiger partial charge in [-0.2, -0.15) is 5.26 Å². The maximum Gasteiger partial charge on any atom is 0.284 e. The monoisotopic (exact) mass is 264 g/mol. The van der Waals surface area contributed by atoms with E-state index in [2.05, 4.69) is 23.9 Å². The van der Waals surface area contributed by atoms with Gasteiger partial charge in [-0.1, -0.05) is 12.8 Å². The van der Waals surface area contributed by atoms with Crippen molar-refractivity contribution in [1.29, 1.82) is 5.26 Å². The molecule has 2 rings (SSSR count). The number of hydrogen-bond donors (Lipinski definition) is 2. The number of nitrogens with zero attached hydrogens (tertiary/aromatic N) is 3. The summed E-state index contributed by atoms with van der Waals surface area (Å²) >= 11 is 4.18. The third kappa shape index (κ3) is 1.96. The van der Waals surface area contributed by atoms with Crippen LogP contribution in [0.1, 0.15) is 12.7 Å². The molecule has 0 aliphatic carbocycles. The average Bonchev–Trinajstić information content (AvgIpc) is 2.84. The van der Waals surface area contributed by atoms with Crippen molar-refractivity contribution in [2.75, 3.05) is 7.11 Å². The normalized spacial score (nSPS) is 19.6. The number of nitrogens with two attached hydrogens (primary N) is 1. The van der Waals surface area contributed by atoms with Crippen molar-refractivity contribution in [3.63, 3.8) is 0 Å². The van der Waals surface area contributed by atoms with E-state index in [1.165, 1.54) is 11.4 Å². The van der Waals surface area contributed by atoms with E-state index in [0.717, 1.165) is 0 Å². The Balaban J connectivity index is 2.49. The molecule has 0 saturated heterocycles. The highest BCUT2D eigenvalue weighted by molar-refractivity contribution is 7.77. The largest absolute Gasteiger partial charge is 0.468 e. The first-order valence-corrected chi connectivity index (χ1v) is 5.55. The van der Waals surface area contributed by atoms with Gasteiger partial charge in [0.15, 0.2) is 12.0 Å². The van der Waals surface area contributed by atoms with E-state index < -0.39 is 6.29 Å². The molecular weight excluding hydrogens is 252 g/mol. The molecule has 0 amide bonds. The van der Waals surface area contributed by atoms with Gasteiger partial charge in [-0.15, -0.1) is 0 Å². The molecule has 0 aromatic carbocycles. The fourth-order valence-electron chi connectivity index (χ4n) is 1.61. The van der Waals surface area contributed by atoms with E-state index in [1.54, 1.807) is 19.1 Å². The molecule has 2 N–H and O–H groups in total. The fraction of sp³-hybridized carbons (Fsp3) is 0.273. The van der Waals surface area contributed by atoms with Crippen LogP contribution < -0.4 is 10.5 Å². The van der Waals surface area contributed by atoms with Crippen LogP contribution in [0.15, 0.2) is 32.8 Å². The molecule has 1 aliphatic heterocycles. The molecule has 6 nitrogen and oxygen atoms in total. The molecule has 2 heterocycles. The SMILES string of the molecule is COc1ccc(C2=NC(N)N(S)C(C)=C2C#N)o1. The zero-order valence-corrected chi connectivity index (χ0v) is 10.8. The lowest BCUT2D eigenvalue weighted by Gasteiger charge is -2.28. The van der Waals surface area contributed by atoms with Crippen molar-refractivity contribution in [3.05, 3.63) is 29.2 Å². The Morgan fingerprint density at radius 3 is 2.89 bits per heavy atom. The molecule has 94 valence electrons. The van der Waals surface area contributed by atoms with Crippen LogP contribution >= 0.6 is 12.8 Å². The van der Waals surface area contributed by atoms with E-state index in [-0.39, 0.29) is 0 Å². The number of allylic oxidation sites excluding steroid dienone is 2. The van der Waals surface area contributed by atoms with Crippen molar-refractivity contribution in [2.45, 2.75) is 13.2 Å². The van der Waals surface area contributed by atoms with E-state index in [4.69, 9.17) is 14.9 Å². The Kier molecular flexibility index (Phi) is 3.32. The van der Waals surface area contributed by atoms with Gasteiger partial charge in [0.25, 0.3) is 5.95 Å². The molecule has 7 heteroatoms. The highest BCUT2D eigenvalue weighted by Crippen LogP contribution is 2.26. The molecule has 1 atom stereocenters. The maximum absolute atomic E-state index is 9.20. The van der Waals surface area contributed by atoms with Gasteiger partial charge in [0.1, 0.15) is 17.4 Å². The van der Waals surface area contributed by atoms with Gasteiger partial charge in [0, 0.05) is 11.8 Å². The Bertz CT molecular complexity index is 570. The van der Waals surface area contributed by atoms with Gasteiger partial charge in [-0.25, -0.2) is 4.99 Å². The summed E-state index contributed by atoms with van der Waals surface area (Å²) < 4.78 is 11.8. The summed E-state index contributed by atoms with van der Waals surface area (Å²) in [5, 5.41) is 9.20. The molecule has 0 spiro atoms. The summed E-state index contributed by atoms with van der Waals surface area (Å²) in [6.07, 6.45) is -0.656. The molecule has 0 fully saturated rings. The van der Waals surface area contributed by atoms with Crippen molar-refractivity contribution in [1.82, 2.24) is 4.31 Å². The van der Waals surface area contributed by atoms with Crippen LogP contribution in [0.5, 0.6) is 5.95 Å². The number of rotatable bonds is 2. The number of aliphatic imine (C=N–C) groups is 1. The topological polar surface area (TPSA) is 87.8 Å². The van der Waals surface area contributed by atoms with Crippen LogP contribution in [-0.2, 0) is 0 Å². The lowest BCUT2D eigenvalue weighted by atomic mass is 10.1. The number of hydrogen-bond acceptors (Lipinski definition) is 7. The first-order valence-electron chi connectivity index (χ1n) is 5.15. The predicted molar refractivity (Wildman–Crippen MR) is 68.9 cm³/mol. The summed E-state index contributed by atoms with van der Waals surface area (Å²) in [6, 6.07) is 5.42. The maximum atomic E-state index is 9.20. The van der Waals surface area contributed by atoms with Crippen LogP contribution in [0, 0.1) is 11.3 Å². The second-order valence-corrected chi connectivity index (χ2v) is 4.06. The van der Waals surface area contributed by atoms with Gasteiger partial charge < -0.3 is 9.15 Å². The van der Waals surface area contributed by atoms with Crippen molar-refractivity contribution in [3.8, 4) is 12.0 Å². The summed E-state index contributed by atoms with van der Waals surface area (Å²) in [4.78, 5) is 4.20. The second-order valence-electron chi connectivity index (χ2n) is 3.63. The minimum absolute atomic E-state index is 0.351. The highest BCUT2D eigenvalue weighted by atomic mass is 32.1. The van der Waals surface area contributed by atoms with Gasteiger partial charge in [-0.05, 0) is 13.0 Å². The van der Waals surface area contributed by atoms with Crippen molar-refractivity contribution in [2.24, 2.45) is 10.7 Å². The minimum atomic E-state index is -0.656. The van der Waals surface area contributed by atoms with Crippen LogP contribution in [0.2, 0.25) is 0 Å². The number of thiol groups is 1. The molecular formula is C11H12N4O2S. The van der Waals surface area contributed by atoms with E-state index in [0.29, 0.717) is 28.7 Å². The zero-order valence-electron chi connectivity index (χ0n) is 9.91. The number of methoxy groups -OCH3 is 1. The van der Waals surface area contributed by atoms with E-state index >= 15 is 0 Å². The highest BCUT2D eigenvalue weighted by Gasteiger charge is 2.26.